The highest BCUT2D eigenvalue weighted by atomic mass is 19.2. The topological polar surface area (TPSA) is 29.5 Å². The van der Waals surface area contributed by atoms with Crippen LogP contribution in [0.3, 0.4) is 0 Å². The average molecular weight is 499 g/mol. The molecule has 1 N–H and O–H groups in total. The molecule has 0 atom stereocenters. The number of benzene rings is 2. The monoisotopic (exact) mass is 498 g/mol. The van der Waals surface area contributed by atoms with E-state index in [1.807, 2.05) is 6.08 Å². The number of aromatic hydroxyl groups is 1. The Labute approximate surface area is 213 Å². The SMILES string of the molecule is C=C(/C=C(/F)C(=C)CCC1CCC(c2ccc(-c3ccc(O)cc3)c(F)c2F)CC1)OC.C=CCC. The molecule has 3 rings (SSSR count). The van der Waals surface area contributed by atoms with Crippen LogP contribution in [0.1, 0.15) is 63.4 Å². The molecule has 1 aliphatic carbocycles. The van der Waals surface area contributed by atoms with Gasteiger partial charge in [0.05, 0.1) is 7.11 Å². The summed E-state index contributed by atoms with van der Waals surface area (Å²) in [6.45, 7) is 12.9. The summed E-state index contributed by atoms with van der Waals surface area (Å²) in [6.07, 6.45) is 8.85. The van der Waals surface area contributed by atoms with Gasteiger partial charge in [-0.1, -0.05) is 50.4 Å². The number of phenols is 1. The van der Waals surface area contributed by atoms with E-state index in [1.165, 1.54) is 25.3 Å². The van der Waals surface area contributed by atoms with E-state index in [0.717, 1.165) is 38.5 Å². The summed E-state index contributed by atoms with van der Waals surface area (Å²) < 4.78 is 48.6. The highest BCUT2D eigenvalue weighted by Crippen LogP contribution is 2.40. The lowest BCUT2D eigenvalue weighted by Gasteiger charge is -2.29. The third-order valence-electron chi connectivity index (χ3n) is 6.61. The molecule has 0 spiro atoms. The smallest absolute Gasteiger partial charge is 0.166 e. The molecule has 194 valence electrons. The molecule has 2 aromatic carbocycles. The van der Waals surface area contributed by atoms with Crippen molar-refractivity contribution in [1.29, 1.82) is 0 Å². The minimum atomic E-state index is -0.855. The van der Waals surface area contributed by atoms with Crippen LogP contribution in [0.4, 0.5) is 13.2 Å². The van der Waals surface area contributed by atoms with E-state index in [9.17, 15) is 18.3 Å². The molecule has 1 fully saturated rings. The van der Waals surface area contributed by atoms with Crippen molar-refractivity contribution in [2.75, 3.05) is 7.11 Å². The Morgan fingerprint density at radius 3 is 2.19 bits per heavy atom. The summed E-state index contributed by atoms with van der Waals surface area (Å²) in [5.41, 5.74) is 1.54. The number of phenolic OH excluding ortho intramolecular Hbond substituents is 1. The number of halogens is 3. The van der Waals surface area contributed by atoms with Gasteiger partial charge in [0.1, 0.15) is 17.3 Å². The molecule has 1 aliphatic rings. The number of hydrogen-bond donors (Lipinski definition) is 1. The van der Waals surface area contributed by atoms with Crippen molar-refractivity contribution >= 4 is 0 Å². The summed E-state index contributed by atoms with van der Waals surface area (Å²) >= 11 is 0. The van der Waals surface area contributed by atoms with Crippen molar-refractivity contribution in [1.82, 2.24) is 0 Å². The van der Waals surface area contributed by atoms with Gasteiger partial charge in [0, 0.05) is 11.6 Å². The van der Waals surface area contributed by atoms with E-state index >= 15 is 0 Å². The van der Waals surface area contributed by atoms with Crippen molar-refractivity contribution in [2.24, 2.45) is 5.92 Å². The number of ether oxygens (including phenoxy) is 1. The highest BCUT2D eigenvalue weighted by Gasteiger charge is 2.26. The number of rotatable bonds is 9. The number of allylic oxidation sites excluding steroid dienone is 4. The van der Waals surface area contributed by atoms with Crippen LogP contribution in [-0.4, -0.2) is 12.2 Å². The predicted octanol–water partition coefficient (Wildman–Crippen LogP) is 9.54. The zero-order valence-electron chi connectivity index (χ0n) is 21.3. The van der Waals surface area contributed by atoms with Gasteiger partial charge in [-0.25, -0.2) is 13.2 Å². The number of methoxy groups -OCH3 is 1. The standard InChI is InChI=1S/C27H29F3O2.C4H8/c1-17(25(28)16-18(2)32-3)4-5-19-6-8-20(9-7-19)23-14-15-24(27(30)26(23)29)21-10-12-22(31)13-11-21;1-3-4-2/h10-16,19-20,31H,1-2,4-9H2,3H3;3H,1,4H2,2H3/b25-16+;. The Kier molecular flexibility index (Phi) is 11.6. The predicted molar refractivity (Wildman–Crippen MR) is 142 cm³/mol. The maximum Gasteiger partial charge on any atom is 0.166 e. The van der Waals surface area contributed by atoms with Crippen molar-refractivity contribution < 1.29 is 23.0 Å². The van der Waals surface area contributed by atoms with Crippen molar-refractivity contribution in [3.05, 3.63) is 103 Å². The normalized spacial score (nSPS) is 17.5. The molecule has 0 heterocycles. The van der Waals surface area contributed by atoms with Gasteiger partial charge in [-0.05, 0) is 85.6 Å². The lowest BCUT2D eigenvalue weighted by atomic mass is 9.76. The first kappa shape index (κ1) is 29.0. The number of hydrogen-bond acceptors (Lipinski definition) is 2. The quantitative estimate of drug-likeness (QED) is 0.212. The summed E-state index contributed by atoms with van der Waals surface area (Å²) in [5.74, 6) is -1.37. The van der Waals surface area contributed by atoms with Gasteiger partial charge < -0.3 is 9.84 Å². The zero-order chi connectivity index (χ0) is 26.7. The van der Waals surface area contributed by atoms with Gasteiger partial charge in [0.25, 0.3) is 0 Å². The van der Waals surface area contributed by atoms with E-state index in [1.54, 1.807) is 24.3 Å². The van der Waals surface area contributed by atoms with Gasteiger partial charge in [-0.2, -0.15) is 0 Å². The molecule has 36 heavy (non-hydrogen) atoms. The third kappa shape index (κ3) is 8.18. The maximum absolute atomic E-state index is 14.9. The van der Waals surface area contributed by atoms with Gasteiger partial charge in [0.15, 0.2) is 11.6 Å². The minimum Gasteiger partial charge on any atom is -0.508 e. The molecule has 0 aromatic heterocycles. The van der Waals surface area contributed by atoms with Crippen LogP contribution in [0.5, 0.6) is 5.75 Å². The fourth-order valence-corrected chi connectivity index (χ4v) is 4.31. The van der Waals surface area contributed by atoms with E-state index in [0.29, 0.717) is 29.0 Å². The van der Waals surface area contributed by atoms with Crippen LogP contribution in [0.25, 0.3) is 11.1 Å². The van der Waals surface area contributed by atoms with Crippen molar-refractivity contribution in [2.45, 2.75) is 57.8 Å². The molecular formula is C31H37F3O2. The Bertz CT molecular complexity index is 1060. The lowest BCUT2D eigenvalue weighted by molar-refractivity contribution is 0.303. The van der Waals surface area contributed by atoms with E-state index in [-0.39, 0.29) is 23.0 Å². The maximum atomic E-state index is 14.9. The molecule has 0 unspecified atom stereocenters. The second-order valence-electron chi connectivity index (χ2n) is 9.10. The first-order valence-corrected chi connectivity index (χ1v) is 12.4. The van der Waals surface area contributed by atoms with Gasteiger partial charge >= 0.3 is 0 Å². The lowest BCUT2D eigenvalue weighted by Crippen LogP contribution is -2.15. The van der Waals surface area contributed by atoms with Crippen LogP contribution < -0.4 is 0 Å². The van der Waals surface area contributed by atoms with E-state index < -0.39 is 17.5 Å². The average Bonchev–Trinajstić information content (AvgIpc) is 2.89. The molecule has 0 amide bonds. The molecule has 1 saturated carbocycles. The van der Waals surface area contributed by atoms with Crippen molar-refractivity contribution in [3.8, 4) is 16.9 Å². The van der Waals surface area contributed by atoms with E-state index in [4.69, 9.17) is 4.74 Å². The summed E-state index contributed by atoms with van der Waals surface area (Å²) in [5, 5.41) is 9.40. The van der Waals surface area contributed by atoms with Crippen LogP contribution >= 0.6 is 0 Å². The van der Waals surface area contributed by atoms with Crippen LogP contribution in [0.2, 0.25) is 0 Å². The molecule has 0 aliphatic heterocycles. The van der Waals surface area contributed by atoms with Gasteiger partial charge in [0.2, 0.25) is 0 Å². The molecule has 0 radical (unpaired) electrons. The van der Waals surface area contributed by atoms with Crippen LogP contribution in [0.15, 0.2) is 85.4 Å². The summed E-state index contributed by atoms with van der Waals surface area (Å²) in [7, 11) is 1.43. The molecular weight excluding hydrogens is 461 g/mol. The highest BCUT2D eigenvalue weighted by molar-refractivity contribution is 5.65. The van der Waals surface area contributed by atoms with E-state index in [2.05, 4.69) is 26.7 Å². The van der Waals surface area contributed by atoms with Crippen molar-refractivity contribution in [3.63, 3.8) is 0 Å². The van der Waals surface area contributed by atoms with Gasteiger partial charge in [-0.15, -0.1) is 6.58 Å². The Hall–Kier alpha value is -3.21. The zero-order valence-corrected chi connectivity index (χ0v) is 21.3. The first-order valence-electron chi connectivity index (χ1n) is 12.4. The molecule has 2 aromatic rings. The third-order valence-corrected chi connectivity index (χ3v) is 6.61. The Balaban J connectivity index is 0.00000106. The summed E-state index contributed by atoms with van der Waals surface area (Å²) in [4.78, 5) is 0. The second kappa shape index (κ2) is 14.4. The first-order chi connectivity index (χ1) is 17.2. The van der Waals surface area contributed by atoms with Crippen LogP contribution in [-0.2, 0) is 4.74 Å². The fraction of sp³-hybridized carbons (Fsp3) is 0.355. The Morgan fingerprint density at radius 2 is 1.64 bits per heavy atom. The fourth-order valence-electron chi connectivity index (χ4n) is 4.31. The largest absolute Gasteiger partial charge is 0.508 e. The molecule has 5 heteroatoms. The summed E-state index contributed by atoms with van der Waals surface area (Å²) in [6, 6.07) is 9.32. The molecule has 0 saturated heterocycles. The Morgan fingerprint density at radius 1 is 1.03 bits per heavy atom. The van der Waals surface area contributed by atoms with Crippen LogP contribution in [0, 0.1) is 17.6 Å². The molecule has 0 bridgehead atoms. The second-order valence-corrected chi connectivity index (χ2v) is 9.10. The minimum absolute atomic E-state index is 0.0283. The van der Waals surface area contributed by atoms with Gasteiger partial charge in [-0.3, -0.25) is 0 Å². The molecule has 2 nitrogen and oxygen atoms in total.